The number of para-hydroxylation sites is 1. The molecule has 1 heterocycles. The Hall–Kier alpha value is -1.86. The van der Waals surface area contributed by atoms with E-state index in [1.165, 1.54) is 0 Å². The number of hydrogen-bond donors (Lipinski definition) is 2. The molecule has 1 aromatic heterocycles. The first-order valence-corrected chi connectivity index (χ1v) is 8.66. The number of fused-ring (bicyclic) bond motifs is 1. The third-order valence-electron chi connectivity index (χ3n) is 4.03. The van der Waals surface area contributed by atoms with Gasteiger partial charge in [-0.05, 0) is 29.7 Å². The summed E-state index contributed by atoms with van der Waals surface area (Å²) in [6.45, 7) is 1.43. The molecule has 0 bridgehead atoms. The Kier molecular flexibility index (Phi) is 8.12. The Morgan fingerprint density at radius 2 is 1.77 bits per heavy atom. The van der Waals surface area contributed by atoms with E-state index in [1.807, 2.05) is 36.5 Å². The molecule has 2 aromatic carbocycles. The molecule has 0 unspecified atom stereocenters. The summed E-state index contributed by atoms with van der Waals surface area (Å²) in [6, 6.07) is 18.1. The summed E-state index contributed by atoms with van der Waals surface area (Å²) in [5.41, 5.74) is 3.29. The summed E-state index contributed by atoms with van der Waals surface area (Å²) in [6.07, 6.45) is 2.67. The number of halogens is 2. The van der Waals surface area contributed by atoms with Gasteiger partial charge in [0.25, 0.3) is 0 Å². The number of aliphatic imine (C=N–C) groups is 1. The summed E-state index contributed by atoms with van der Waals surface area (Å²) < 4.78 is 0. The lowest BCUT2D eigenvalue weighted by atomic mass is 10.1. The van der Waals surface area contributed by atoms with Crippen molar-refractivity contribution in [1.82, 2.24) is 15.6 Å². The van der Waals surface area contributed by atoms with E-state index in [0.29, 0.717) is 6.54 Å². The Balaban J connectivity index is 0.00000243. The maximum atomic E-state index is 6.19. The predicted octanol–water partition coefficient (Wildman–Crippen LogP) is 4.41. The highest BCUT2D eigenvalue weighted by Crippen LogP contribution is 2.16. The van der Waals surface area contributed by atoms with Crippen molar-refractivity contribution in [3.63, 3.8) is 0 Å². The third kappa shape index (κ3) is 5.32. The van der Waals surface area contributed by atoms with Crippen molar-refractivity contribution in [3.8, 4) is 0 Å². The van der Waals surface area contributed by atoms with Crippen LogP contribution < -0.4 is 10.6 Å². The Bertz CT molecular complexity index is 877. The van der Waals surface area contributed by atoms with Crippen molar-refractivity contribution in [3.05, 3.63) is 76.9 Å². The van der Waals surface area contributed by atoms with Gasteiger partial charge in [-0.25, -0.2) is 0 Å². The van der Waals surface area contributed by atoms with Gasteiger partial charge >= 0.3 is 0 Å². The van der Waals surface area contributed by atoms with Crippen molar-refractivity contribution in [2.24, 2.45) is 4.99 Å². The van der Waals surface area contributed by atoms with E-state index in [9.17, 15) is 0 Å². The lowest BCUT2D eigenvalue weighted by Gasteiger charge is -2.13. The van der Waals surface area contributed by atoms with Crippen LogP contribution in [0.4, 0.5) is 0 Å². The number of pyridine rings is 1. The zero-order chi connectivity index (χ0) is 17.5. The molecule has 0 fully saturated rings. The minimum absolute atomic E-state index is 0. The molecule has 0 aliphatic heterocycles. The second-order valence-corrected chi connectivity index (χ2v) is 6.09. The molecule has 4 nitrogen and oxygen atoms in total. The molecule has 3 aromatic rings. The molecule has 0 amide bonds. The molecule has 3 rings (SSSR count). The maximum absolute atomic E-state index is 6.19. The largest absolute Gasteiger partial charge is 0.356 e. The molecule has 136 valence electrons. The third-order valence-corrected chi connectivity index (χ3v) is 4.40. The summed E-state index contributed by atoms with van der Waals surface area (Å²) in [5.74, 6) is 0.764. The molecular formula is C20H22ClIN4. The smallest absolute Gasteiger partial charge is 0.191 e. The number of hydrogen-bond acceptors (Lipinski definition) is 2. The summed E-state index contributed by atoms with van der Waals surface area (Å²) >= 11 is 6.19. The van der Waals surface area contributed by atoms with Gasteiger partial charge in [0.05, 0.1) is 5.52 Å². The van der Waals surface area contributed by atoms with Gasteiger partial charge in [-0.1, -0.05) is 54.1 Å². The monoisotopic (exact) mass is 480 g/mol. The van der Waals surface area contributed by atoms with Crippen molar-refractivity contribution < 1.29 is 0 Å². The van der Waals surface area contributed by atoms with Crippen LogP contribution >= 0.6 is 35.6 Å². The Morgan fingerprint density at radius 1 is 1.00 bits per heavy atom. The second-order valence-electron chi connectivity index (χ2n) is 5.69. The SMILES string of the molecule is CN=C(NCCc1ccccc1Cl)NCc1cccc2cccnc12.I. The van der Waals surface area contributed by atoms with E-state index in [-0.39, 0.29) is 24.0 Å². The average Bonchev–Trinajstić information content (AvgIpc) is 2.66. The van der Waals surface area contributed by atoms with Crippen LogP contribution in [0.2, 0.25) is 5.02 Å². The van der Waals surface area contributed by atoms with Crippen molar-refractivity contribution in [1.29, 1.82) is 0 Å². The van der Waals surface area contributed by atoms with Crippen LogP contribution in [0.5, 0.6) is 0 Å². The lowest BCUT2D eigenvalue weighted by Crippen LogP contribution is -2.37. The van der Waals surface area contributed by atoms with E-state index in [1.54, 1.807) is 7.05 Å². The molecule has 2 N–H and O–H groups in total. The van der Waals surface area contributed by atoms with Crippen LogP contribution in [0.25, 0.3) is 10.9 Å². The molecular weight excluding hydrogens is 459 g/mol. The van der Waals surface area contributed by atoms with Gasteiger partial charge in [0.1, 0.15) is 0 Å². The number of benzene rings is 2. The summed E-state index contributed by atoms with van der Waals surface area (Å²) in [7, 11) is 1.77. The van der Waals surface area contributed by atoms with Crippen molar-refractivity contribution >= 4 is 52.4 Å². The molecule has 0 radical (unpaired) electrons. The molecule has 0 saturated carbocycles. The van der Waals surface area contributed by atoms with Gasteiger partial charge in [-0.15, -0.1) is 24.0 Å². The Morgan fingerprint density at radius 3 is 2.58 bits per heavy atom. The number of aromatic nitrogens is 1. The predicted molar refractivity (Wildman–Crippen MR) is 121 cm³/mol. The highest BCUT2D eigenvalue weighted by Gasteiger charge is 2.04. The van der Waals surface area contributed by atoms with Crippen LogP contribution in [0.15, 0.2) is 65.8 Å². The highest BCUT2D eigenvalue weighted by molar-refractivity contribution is 14.0. The van der Waals surface area contributed by atoms with E-state index >= 15 is 0 Å². The minimum atomic E-state index is 0. The number of nitrogens with zero attached hydrogens (tertiary/aromatic N) is 2. The first kappa shape index (κ1) is 20.5. The van der Waals surface area contributed by atoms with Gasteiger partial charge in [0.2, 0.25) is 0 Å². The van der Waals surface area contributed by atoms with Crippen LogP contribution in [0.1, 0.15) is 11.1 Å². The van der Waals surface area contributed by atoms with E-state index in [4.69, 9.17) is 11.6 Å². The fourth-order valence-electron chi connectivity index (χ4n) is 2.73. The average molecular weight is 481 g/mol. The highest BCUT2D eigenvalue weighted by atomic mass is 127. The van der Waals surface area contributed by atoms with Crippen LogP contribution in [-0.4, -0.2) is 24.5 Å². The zero-order valence-corrected chi connectivity index (χ0v) is 17.7. The summed E-state index contributed by atoms with van der Waals surface area (Å²) in [5, 5.41) is 8.61. The van der Waals surface area contributed by atoms with Crippen LogP contribution in [0.3, 0.4) is 0 Å². The summed E-state index contributed by atoms with van der Waals surface area (Å²) in [4.78, 5) is 8.76. The van der Waals surface area contributed by atoms with Gasteiger partial charge in [-0.3, -0.25) is 9.98 Å². The molecule has 0 spiro atoms. The number of rotatable bonds is 5. The fourth-order valence-corrected chi connectivity index (χ4v) is 2.96. The van der Waals surface area contributed by atoms with Gasteiger partial charge in [-0.2, -0.15) is 0 Å². The van der Waals surface area contributed by atoms with E-state index < -0.39 is 0 Å². The van der Waals surface area contributed by atoms with Gasteiger partial charge in [0, 0.05) is 36.7 Å². The van der Waals surface area contributed by atoms with E-state index in [0.717, 1.165) is 46.0 Å². The zero-order valence-electron chi connectivity index (χ0n) is 14.6. The quantitative estimate of drug-likeness (QED) is 0.323. The van der Waals surface area contributed by atoms with Crippen LogP contribution in [-0.2, 0) is 13.0 Å². The standard InChI is InChI=1S/C20H21ClN4.HI/c1-22-20(24-13-11-15-6-2-3-10-18(15)21)25-14-17-8-4-7-16-9-5-12-23-19(16)17;/h2-10,12H,11,13-14H2,1H3,(H2,22,24,25);1H. The molecule has 0 aliphatic carbocycles. The molecule has 0 saturated heterocycles. The first-order chi connectivity index (χ1) is 12.3. The first-order valence-electron chi connectivity index (χ1n) is 8.28. The fraction of sp³-hybridized carbons (Fsp3) is 0.200. The maximum Gasteiger partial charge on any atom is 0.191 e. The number of nitrogens with one attached hydrogen (secondary N) is 2. The second kappa shape index (κ2) is 10.3. The molecule has 6 heteroatoms. The van der Waals surface area contributed by atoms with Gasteiger partial charge < -0.3 is 10.6 Å². The van der Waals surface area contributed by atoms with Crippen molar-refractivity contribution in [2.45, 2.75) is 13.0 Å². The molecule has 0 aliphatic rings. The number of guanidine groups is 1. The van der Waals surface area contributed by atoms with E-state index in [2.05, 4.69) is 44.9 Å². The minimum Gasteiger partial charge on any atom is -0.356 e. The van der Waals surface area contributed by atoms with Gasteiger partial charge in [0.15, 0.2) is 5.96 Å². The Labute approximate surface area is 176 Å². The van der Waals surface area contributed by atoms with Crippen LogP contribution in [0, 0.1) is 0 Å². The topological polar surface area (TPSA) is 49.3 Å². The normalized spacial score (nSPS) is 11.1. The van der Waals surface area contributed by atoms with Crippen molar-refractivity contribution in [2.75, 3.05) is 13.6 Å². The molecule has 0 atom stereocenters. The molecule has 26 heavy (non-hydrogen) atoms. The lowest BCUT2D eigenvalue weighted by molar-refractivity contribution is 0.796.